The fourth-order valence-corrected chi connectivity index (χ4v) is 4.12. The fourth-order valence-electron chi connectivity index (χ4n) is 4.12. The number of benzene rings is 1. The molecule has 4 heterocycles. The first kappa shape index (κ1) is 18.3. The number of nitrogens with one attached hydrogen (secondary N) is 3. The highest BCUT2D eigenvalue weighted by Gasteiger charge is 2.20. The molecule has 0 saturated carbocycles. The third-order valence-electron chi connectivity index (χ3n) is 5.94. The van der Waals surface area contributed by atoms with E-state index in [0.29, 0.717) is 5.69 Å². The fraction of sp³-hybridized carbons (Fsp3) is 0.409. The van der Waals surface area contributed by atoms with Crippen molar-refractivity contribution in [3.8, 4) is 11.1 Å². The maximum Gasteiger partial charge on any atom is 0.272 e. The van der Waals surface area contributed by atoms with Gasteiger partial charge in [-0.15, -0.1) is 0 Å². The summed E-state index contributed by atoms with van der Waals surface area (Å²) in [4.78, 5) is 19.7. The van der Waals surface area contributed by atoms with Gasteiger partial charge < -0.3 is 10.6 Å². The van der Waals surface area contributed by atoms with E-state index in [2.05, 4.69) is 42.8 Å². The van der Waals surface area contributed by atoms with Gasteiger partial charge in [-0.1, -0.05) is 6.07 Å². The first-order valence-corrected chi connectivity index (χ1v) is 10.4. The molecule has 7 nitrogen and oxygen atoms in total. The highest BCUT2D eigenvalue weighted by atomic mass is 16.2. The number of likely N-dealkylation sites (tertiary alicyclic amines) is 1. The average molecular weight is 390 g/mol. The smallest absolute Gasteiger partial charge is 0.272 e. The second kappa shape index (κ2) is 7.93. The Morgan fingerprint density at radius 3 is 2.79 bits per heavy atom. The van der Waals surface area contributed by atoms with Crippen LogP contribution in [0.2, 0.25) is 0 Å². The van der Waals surface area contributed by atoms with Gasteiger partial charge in [-0.3, -0.25) is 19.8 Å². The zero-order chi connectivity index (χ0) is 19.6. The zero-order valence-corrected chi connectivity index (χ0v) is 16.4. The number of fused-ring (bicyclic) bond motifs is 1. The molecule has 0 aliphatic carbocycles. The van der Waals surface area contributed by atoms with E-state index in [1.54, 1.807) is 0 Å². The Labute approximate surface area is 169 Å². The Bertz CT molecular complexity index is 1020. The summed E-state index contributed by atoms with van der Waals surface area (Å²) in [6.45, 7) is 5.16. The third kappa shape index (κ3) is 3.88. The molecule has 5 rings (SSSR count). The quantitative estimate of drug-likeness (QED) is 0.622. The molecule has 0 unspecified atom stereocenters. The van der Waals surface area contributed by atoms with E-state index >= 15 is 0 Å². The van der Waals surface area contributed by atoms with Crippen molar-refractivity contribution in [2.75, 3.05) is 26.2 Å². The molecule has 7 heteroatoms. The van der Waals surface area contributed by atoms with Crippen molar-refractivity contribution in [1.29, 1.82) is 0 Å². The van der Waals surface area contributed by atoms with Crippen molar-refractivity contribution >= 4 is 16.8 Å². The van der Waals surface area contributed by atoms with E-state index in [-0.39, 0.29) is 11.9 Å². The number of carbonyl (C=O) groups excluding carboxylic acids is 1. The molecular formula is C22H26N6O. The number of amides is 1. The minimum Gasteiger partial charge on any atom is -0.348 e. The van der Waals surface area contributed by atoms with Gasteiger partial charge in [-0.25, -0.2) is 0 Å². The van der Waals surface area contributed by atoms with Crippen molar-refractivity contribution < 1.29 is 4.79 Å². The van der Waals surface area contributed by atoms with Gasteiger partial charge in [-0.2, -0.15) is 5.10 Å². The largest absolute Gasteiger partial charge is 0.348 e. The maximum absolute atomic E-state index is 12.8. The van der Waals surface area contributed by atoms with Gasteiger partial charge in [0.15, 0.2) is 5.69 Å². The van der Waals surface area contributed by atoms with E-state index in [1.165, 1.54) is 25.1 Å². The number of H-pyrrole nitrogens is 1. The summed E-state index contributed by atoms with van der Waals surface area (Å²) >= 11 is 0. The molecule has 0 spiro atoms. The van der Waals surface area contributed by atoms with Gasteiger partial charge >= 0.3 is 0 Å². The van der Waals surface area contributed by atoms with E-state index < -0.39 is 0 Å². The number of hydrogen-bond acceptors (Lipinski definition) is 5. The summed E-state index contributed by atoms with van der Waals surface area (Å²) in [7, 11) is 0. The van der Waals surface area contributed by atoms with E-state index in [1.807, 2.05) is 24.5 Å². The SMILES string of the molecule is O=C(NC1CCNCC1)c1n[nH]c2ccc(-c3cncc(CN4CCC4)c3)cc12. The van der Waals surface area contributed by atoms with E-state index in [9.17, 15) is 4.79 Å². The van der Waals surface area contributed by atoms with Crippen LogP contribution in [-0.4, -0.2) is 58.2 Å². The van der Waals surface area contributed by atoms with Gasteiger partial charge in [0.25, 0.3) is 5.91 Å². The summed E-state index contributed by atoms with van der Waals surface area (Å²) < 4.78 is 0. The number of carbonyl (C=O) groups is 1. The number of pyridine rings is 1. The molecule has 150 valence electrons. The molecule has 1 aromatic carbocycles. The van der Waals surface area contributed by atoms with Crippen LogP contribution >= 0.6 is 0 Å². The zero-order valence-electron chi connectivity index (χ0n) is 16.4. The molecule has 29 heavy (non-hydrogen) atoms. The van der Waals surface area contributed by atoms with E-state index in [4.69, 9.17) is 0 Å². The topological polar surface area (TPSA) is 85.9 Å². The lowest BCUT2D eigenvalue weighted by atomic mass is 10.0. The number of hydrogen-bond donors (Lipinski definition) is 3. The second-order valence-electron chi connectivity index (χ2n) is 8.04. The van der Waals surface area contributed by atoms with Gasteiger partial charge in [-0.05, 0) is 74.8 Å². The maximum atomic E-state index is 12.8. The normalized spacial score (nSPS) is 17.9. The molecule has 0 atom stereocenters. The molecule has 3 N–H and O–H groups in total. The number of rotatable bonds is 5. The second-order valence-corrected chi connectivity index (χ2v) is 8.04. The Balaban J connectivity index is 1.40. The van der Waals surface area contributed by atoms with Crippen LogP contribution in [-0.2, 0) is 6.54 Å². The van der Waals surface area contributed by atoms with Crippen LogP contribution in [0.4, 0.5) is 0 Å². The van der Waals surface area contributed by atoms with Gasteiger partial charge in [0.1, 0.15) is 0 Å². The molecule has 2 saturated heterocycles. The minimum absolute atomic E-state index is 0.107. The van der Waals surface area contributed by atoms with Crippen molar-refractivity contribution in [3.05, 3.63) is 47.9 Å². The Morgan fingerprint density at radius 2 is 2.00 bits per heavy atom. The molecule has 2 aromatic heterocycles. The van der Waals surface area contributed by atoms with Crippen LogP contribution in [0.25, 0.3) is 22.0 Å². The molecule has 3 aromatic rings. The summed E-state index contributed by atoms with van der Waals surface area (Å²) in [6.07, 6.45) is 7.02. The molecule has 0 bridgehead atoms. The number of aromatic nitrogens is 3. The molecule has 2 fully saturated rings. The predicted octanol–water partition coefficient (Wildman–Crippen LogP) is 2.31. The Kier molecular flexibility index (Phi) is 4.99. The van der Waals surface area contributed by atoms with Crippen LogP contribution < -0.4 is 10.6 Å². The van der Waals surface area contributed by atoms with Gasteiger partial charge in [0, 0.05) is 35.9 Å². The lowest BCUT2D eigenvalue weighted by molar-refractivity contribution is 0.0926. The van der Waals surface area contributed by atoms with Crippen molar-refractivity contribution in [3.63, 3.8) is 0 Å². The number of aromatic amines is 1. The van der Waals surface area contributed by atoms with Crippen LogP contribution in [0.5, 0.6) is 0 Å². The highest BCUT2D eigenvalue weighted by molar-refractivity contribution is 6.05. The van der Waals surface area contributed by atoms with Crippen LogP contribution in [0.1, 0.15) is 35.3 Å². The van der Waals surface area contributed by atoms with Crippen molar-refractivity contribution in [1.82, 2.24) is 30.7 Å². The van der Waals surface area contributed by atoms with Crippen LogP contribution in [0, 0.1) is 0 Å². The first-order valence-electron chi connectivity index (χ1n) is 10.4. The van der Waals surface area contributed by atoms with Crippen LogP contribution in [0.15, 0.2) is 36.7 Å². The minimum atomic E-state index is -0.107. The Hall–Kier alpha value is -2.77. The lowest BCUT2D eigenvalue weighted by Crippen LogP contribution is -2.42. The molecule has 0 radical (unpaired) electrons. The molecule has 1 amide bonds. The molecular weight excluding hydrogens is 364 g/mol. The predicted molar refractivity (Wildman–Crippen MR) is 113 cm³/mol. The summed E-state index contributed by atoms with van der Waals surface area (Å²) in [5, 5.41) is 14.6. The monoisotopic (exact) mass is 390 g/mol. The number of piperidine rings is 1. The van der Waals surface area contributed by atoms with Gasteiger partial charge in [0.2, 0.25) is 0 Å². The summed E-state index contributed by atoms with van der Waals surface area (Å²) in [6, 6.07) is 8.49. The first-order chi connectivity index (χ1) is 14.3. The van der Waals surface area contributed by atoms with Crippen molar-refractivity contribution in [2.24, 2.45) is 0 Å². The van der Waals surface area contributed by atoms with E-state index in [0.717, 1.165) is 54.5 Å². The average Bonchev–Trinajstić information content (AvgIpc) is 3.15. The third-order valence-corrected chi connectivity index (χ3v) is 5.94. The number of nitrogens with zero attached hydrogens (tertiary/aromatic N) is 3. The molecule has 2 aliphatic rings. The van der Waals surface area contributed by atoms with Crippen LogP contribution in [0.3, 0.4) is 0 Å². The van der Waals surface area contributed by atoms with Gasteiger partial charge in [0.05, 0.1) is 5.52 Å². The summed E-state index contributed by atoms with van der Waals surface area (Å²) in [5.74, 6) is -0.107. The van der Waals surface area contributed by atoms with Crippen molar-refractivity contribution in [2.45, 2.75) is 31.8 Å². The Morgan fingerprint density at radius 1 is 1.14 bits per heavy atom. The lowest BCUT2D eigenvalue weighted by Gasteiger charge is -2.30. The molecule has 2 aliphatic heterocycles. The highest BCUT2D eigenvalue weighted by Crippen LogP contribution is 2.26. The standard InChI is InChI=1S/C22H26N6O/c29-22(25-18-4-6-23-7-5-18)21-19-11-16(2-3-20(19)26-27-21)17-10-15(12-24-13-17)14-28-8-1-9-28/h2-3,10-13,18,23H,1,4-9,14H2,(H,25,29)(H,26,27). The summed E-state index contributed by atoms with van der Waals surface area (Å²) in [5.41, 5.74) is 4.67.